The van der Waals surface area contributed by atoms with Crippen LogP contribution in [0.1, 0.15) is 71.0 Å². The lowest BCUT2D eigenvalue weighted by Gasteiger charge is -2.40. The van der Waals surface area contributed by atoms with Crippen molar-refractivity contribution >= 4 is 68.1 Å². The third kappa shape index (κ3) is 7.81. The molecule has 0 bridgehead atoms. The zero-order valence-corrected chi connectivity index (χ0v) is 41.6. The van der Waals surface area contributed by atoms with E-state index in [1.165, 1.54) is 86.5 Å². The summed E-state index contributed by atoms with van der Waals surface area (Å²) in [5.41, 5.74) is 9.70. The maximum Gasteiger partial charge on any atom is 0.295 e. The number of rotatable bonds is 13. The molecule has 1 aliphatic rings. The molecule has 0 saturated heterocycles. The molecular formula is C60H65N3SSi+2. The van der Waals surface area contributed by atoms with E-state index in [2.05, 4.69) is 227 Å². The maximum atomic E-state index is 4.88. The average molecular weight is 888 g/mol. The Balaban J connectivity index is 1.45. The Morgan fingerprint density at radius 3 is 2.26 bits per heavy atom. The van der Waals surface area contributed by atoms with Gasteiger partial charge >= 0.3 is 0 Å². The molecule has 0 amide bonds. The van der Waals surface area contributed by atoms with Gasteiger partial charge in [0.2, 0.25) is 0 Å². The van der Waals surface area contributed by atoms with Crippen LogP contribution in [0, 0.1) is 5.41 Å². The van der Waals surface area contributed by atoms with Crippen LogP contribution in [0.15, 0.2) is 170 Å². The van der Waals surface area contributed by atoms with Crippen LogP contribution >= 0.6 is 11.3 Å². The predicted molar refractivity (Wildman–Crippen MR) is 286 cm³/mol. The molecule has 65 heavy (non-hydrogen) atoms. The first kappa shape index (κ1) is 44.3. The minimum absolute atomic E-state index is 0.0233. The van der Waals surface area contributed by atoms with Gasteiger partial charge < -0.3 is 0 Å². The first-order chi connectivity index (χ1) is 31.2. The SMILES string of the molecule is C=C/C=C\CCC(C)(C(C=C)[N+](=C)/C=C(\CC)[Si](C)(C)C)C1Cc2cc3sc4ccccc4c3cc2-c2n(-c3ccc(C(C)(C)C)cc3-c3ccccc3)c3ccc4ccccc4c3[n+]21. The van der Waals surface area contributed by atoms with Gasteiger partial charge in [-0.05, 0) is 113 Å². The molecule has 1 aliphatic heterocycles. The Labute approximate surface area is 392 Å². The molecule has 8 aromatic rings. The summed E-state index contributed by atoms with van der Waals surface area (Å²) < 4.78 is 10.4. The monoisotopic (exact) mass is 887 g/mol. The fraction of sp³-hybridized carbons (Fsp3) is 0.267. The molecular weight excluding hydrogens is 823 g/mol. The summed E-state index contributed by atoms with van der Waals surface area (Å²) in [7, 11) is -1.62. The lowest BCUT2D eigenvalue weighted by atomic mass is 9.68. The van der Waals surface area contributed by atoms with Crippen LogP contribution in [0.4, 0.5) is 0 Å². The number of thiophene rings is 1. The summed E-state index contributed by atoms with van der Waals surface area (Å²) in [5, 5.41) is 6.64. The lowest BCUT2D eigenvalue weighted by molar-refractivity contribution is -0.713. The molecule has 5 heteroatoms. The summed E-state index contributed by atoms with van der Waals surface area (Å²) in [6, 6.07) is 45.9. The number of allylic oxidation sites excluding steroid dienone is 4. The highest BCUT2D eigenvalue weighted by atomic mass is 32.1. The Morgan fingerprint density at radius 2 is 1.55 bits per heavy atom. The normalized spacial score (nSPS) is 15.9. The Kier molecular flexibility index (Phi) is 11.7. The zero-order valence-electron chi connectivity index (χ0n) is 39.8. The topological polar surface area (TPSA) is 11.8 Å². The fourth-order valence-corrected chi connectivity index (χ4v) is 13.6. The highest BCUT2D eigenvalue weighted by molar-refractivity contribution is 7.25. The summed E-state index contributed by atoms with van der Waals surface area (Å²) in [6.07, 6.45) is 14.6. The number of aromatic nitrogens is 2. The summed E-state index contributed by atoms with van der Waals surface area (Å²) in [5.74, 6) is 1.22. The van der Waals surface area contributed by atoms with Crippen molar-refractivity contribution in [1.82, 2.24) is 4.57 Å². The van der Waals surface area contributed by atoms with Crippen molar-refractivity contribution in [2.45, 2.75) is 97.4 Å². The van der Waals surface area contributed by atoms with E-state index in [4.69, 9.17) is 6.72 Å². The van der Waals surface area contributed by atoms with E-state index in [9.17, 15) is 0 Å². The minimum atomic E-state index is -1.62. The molecule has 0 fully saturated rings. The van der Waals surface area contributed by atoms with Crippen molar-refractivity contribution in [1.29, 1.82) is 0 Å². The van der Waals surface area contributed by atoms with Crippen molar-refractivity contribution in [3.63, 3.8) is 0 Å². The first-order valence-corrected chi connectivity index (χ1v) is 27.8. The quantitative estimate of drug-likeness (QED) is 0.0359. The van der Waals surface area contributed by atoms with Gasteiger partial charge in [-0.1, -0.05) is 152 Å². The Morgan fingerprint density at radius 1 is 0.831 bits per heavy atom. The molecule has 3 atom stereocenters. The Hall–Kier alpha value is -5.88. The summed E-state index contributed by atoms with van der Waals surface area (Å²) in [6.45, 7) is 32.7. The second kappa shape index (κ2) is 17.2. The lowest BCUT2D eigenvalue weighted by Crippen LogP contribution is -2.57. The summed E-state index contributed by atoms with van der Waals surface area (Å²) in [4.78, 5) is 0. The van der Waals surface area contributed by atoms with Gasteiger partial charge in [-0.25, -0.2) is 9.14 Å². The smallest absolute Gasteiger partial charge is 0.218 e. The number of hydrogen-bond donors (Lipinski definition) is 0. The Bertz CT molecular complexity index is 3220. The molecule has 6 aromatic carbocycles. The number of benzene rings is 6. The van der Waals surface area contributed by atoms with E-state index >= 15 is 0 Å². The number of hydrogen-bond acceptors (Lipinski definition) is 1. The van der Waals surface area contributed by atoms with E-state index in [1.54, 1.807) is 0 Å². The van der Waals surface area contributed by atoms with E-state index in [0.717, 1.165) is 25.7 Å². The standard InChI is InChI=1S/C60H65N3SSi/c1-12-15-16-24-35-60(7,55(14-3)61(8)40-45(13-2)65(9,10)11)56-37-43-36-54-50(47-29-22-23-30-53(47)64-54)39-49(43)58-62(52-33-31-42-27-20-21-28-46(42)57(52)63(56)58)51-34-32-44(59(4,5)6)38-48(51)41-25-18-17-19-26-41/h12,14-23,25-34,36,38-40,55-56H,1,3,8,13,24,35,37H2,2,4-7,9-11H3/q+2/b16-15-,45-40+. The molecule has 0 aliphatic carbocycles. The minimum Gasteiger partial charge on any atom is -0.218 e. The van der Waals surface area contributed by atoms with E-state index in [1.807, 2.05) is 17.4 Å². The van der Waals surface area contributed by atoms with Gasteiger partial charge in [-0.2, -0.15) is 4.57 Å². The van der Waals surface area contributed by atoms with Crippen LogP contribution in [0.25, 0.3) is 70.2 Å². The van der Waals surface area contributed by atoms with Gasteiger partial charge in [0.1, 0.15) is 18.4 Å². The number of fused-ring (bicyclic) bond motifs is 10. The van der Waals surface area contributed by atoms with Crippen molar-refractivity contribution in [2.75, 3.05) is 0 Å². The molecule has 2 aromatic heterocycles. The molecule has 0 spiro atoms. The maximum absolute atomic E-state index is 4.88. The largest absolute Gasteiger partial charge is 0.295 e. The molecule has 9 rings (SSSR count). The predicted octanol–water partition coefficient (Wildman–Crippen LogP) is 16.1. The average Bonchev–Trinajstić information content (AvgIpc) is 3.84. The van der Waals surface area contributed by atoms with E-state index in [0.29, 0.717) is 0 Å². The number of nitrogens with zero attached hydrogens (tertiary/aromatic N) is 3. The van der Waals surface area contributed by atoms with Gasteiger partial charge in [0.05, 0.1) is 19.1 Å². The second-order valence-electron chi connectivity index (χ2n) is 20.5. The highest BCUT2D eigenvalue weighted by Crippen LogP contribution is 2.50. The molecule has 0 N–H and O–H groups in total. The third-order valence-corrected chi connectivity index (χ3v) is 17.9. The van der Waals surface area contributed by atoms with Crippen molar-refractivity contribution in [2.24, 2.45) is 5.41 Å². The van der Waals surface area contributed by atoms with Crippen LogP contribution in [0.5, 0.6) is 0 Å². The highest BCUT2D eigenvalue weighted by Gasteiger charge is 2.53. The second-order valence-corrected chi connectivity index (χ2v) is 26.7. The van der Waals surface area contributed by atoms with Gasteiger partial charge in [-0.15, -0.1) is 11.3 Å². The van der Waals surface area contributed by atoms with Crippen LogP contribution in [0.2, 0.25) is 19.6 Å². The number of imidazole rings is 1. The van der Waals surface area contributed by atoms with Crippen molar-refractivity contribution in [3.05, 3.63) is 181 Å². The van der Waals surface area contributed by atoms with Gasteiger partial charge in [-0.3, -0.25) is 0 Å². The van der Waals surface area contributed by atoms with Crippen molar-refractivity contribution in [3.8, 4) is 28.2 Å². The summed E-state index contributed by atoms with van der Waals surface area (Å²) >= 11 is 1.91. The molecule has 3 heterocycles. The molecule has 0 radical (unpaired) electrons. The van der Waals surface area contributed by atoms with E-state index < -0.39 is 8.07 Å². The zero-order chi connectivity index (χ0) is 45.8. The fourth-order valence-electron chi connectivity index (χ4n) is 10.8. The van der Waals surface area contributed by atoms with E-state index in [-0.39, 0.29) is 22.9 Å². The molecule has 3 nitrogen and oxygen atoms in total. The van der Waals surface area contributed by atoms with Crippen LogP contribution < -0.4 is 4.57 Å². The third-order valence-electron chi connectivity index (χ3n) is 14.4. The van der Waals surface area contributed by atoms with Gasteiger partial charge in [0, 0.05) is 37.5 Å². The molecule has 3 unspecified atom stereocenters. The van der Waals surface area contributed by atoms with Gasteiger partial charge in [0.15, 0.2) is 23.3 Å². The van der Waals surface area contributed by atoms with Crippen LogP contribution in [-0.2, 0) is 11.8 Å². The van der Waals surface area contributed by atoms with Crippen LogP contribution in [-0.4, -0.2) is 30.0 Å². The van der Waals surface area contributed by atoms with Crippen molar-refractivity contribution < 1.29 is 9.14 Å². The van der Waals surface area contributed by atoms with Crippen LogP contribution in [0.3, 0.4) is 0 Å². The molecule has 0 saturated carbocycles. The molecule has 328 valence electrons. The first-order valence-electron chi connectivity index (χ1n) is 23.5. The van der Waals surface area contributed by atoms with Gasteiger partial charge in [0.25, 0.3) is 5.82 Å².